The monoisotopic (exact) mass is 549 g/mol. The van der Waals surface area contributed by atoms with Crippen LogP contribution in [0.25, 0.3) is 5.95 Å². The lowest BCUT2D eigenvalue weighted by atomic mass is 10.0. The molecule has 4 rings (SSSR count). The number of piperazine rings is 1. The third-order valence-corrected chi connectivity index (χ3v) is 7.01. The lowest BCUT2D eigenvalue weighted by Gasteiger charge is -2.43. The van der Waals surface area contributed by atoms with Gasteiger partial charge in [0.2, 0.25) is 17.8 Å². The zero-order valence-corrected chi connectivity index (χ0v) is 23.9. The van der Waals surface area contributed by atoms with Gasteiger partial charge < -0.3 is 24.6 Å². The largest absolute Gasteiger partial charge is 0.494 e. The van der Waals surface area contributed by atoms with Crippen LogP contribution in [-0.2, 0) is 14.3 Å². The summed E-state index contributed by atoms with van der Waals surface area (Å²) in [5.74, 6) is 2.03. The minimum Gasteiger partial charge on any atom is -0.494 e. The number of benzene rings is 1. The van der Waals surface area contributed by atoms with E-state index in [0.29, 0.717) is 32.2 Å². The maximum absolute atomic E-state index is 13.4. The maximum atomic E-state index is 13.4. The summed E-state index contributed by atoms with van der Waals surface area (Å²) in [6, 6.07) is 7.26. The number of aromatic nitrogens is 4. The van der Waals surface area contributed by atoms with E-state index in [1.54, 1.807) is 28.2 Å². The standard InChI is InChI=1S/C29H39N7O4/c1-6-40-24-9-7-22(8-10-24)21(4)32-26(37)15-23-17-34(27(38)18-39-5)13-14-36(23)28-25(20(2)3)16-31-29(33-28)35-12-11-30-19-35/h7-12,16,19-21,23H,6,13-15,17-18H2,1-5H3,(H,32,37). The summed E-state index contributed by atoms with van der Waals surface area (Å²) in [5.41, 5.74) is 1.96. The number of amides is 2. The highest BCUT2D eigenvalue weighted by atomic mass is 16.5. The van der Waals surface area contributed by atoms with Gasteiger partial charge in [0.15, 0.2) is 0 Å². The second kappa shape index (κ2) is 13.4. The Morgan fingerprint density at radius 3 is 2.58 bits per heavy atom. The van der Waals surface area contributed by atoms with Crippen LogP contribution in [0.5, 0.6) is 5.75 Å². The van der Waals surface area contributed by atoms with Crippen LogP contribution in [-0.4, -0.2) is 82.2 Å². The van der Waals surface area contributed by atoms with Crippen LogP contribution in [0.2, 0.25) is 0 Å². The molecule has 40 heavy (non-hydrogen) atoms. The van der Waals surface area contributed by atoms with E-state index in [9.17, 15) is 9.59 Å². The number of rotatable bonds is 11. The summed E-state index contributed by atoms with van der Waals surface area (Å²) < 4.78 is 12.4. The second-order valence-electron chi connectivity index (χ2n) is 10.2. The molecule has 1 aliphatic rings. The van der Waals surface area contributed by atoms with E-state index in [4.69, 9.17) is 14.5 Å². The molecule has 1 fully saturated rings. The Balaban J connectivity index is 1.58. The van der Waals surface area contributed by atoms with Crippen molar-refractivity contribution < 1.29 is 19.1 Å². The Morgan fingerprint density at radius 1 is 1.15 bits per heavy atom. The molecule has 2 atom stereocenters. The van der Waals surface area contributed by atoms with Crippen LogP contribution in [0.3, 0.4) is 0 Å². The predicted octanol–water partition coefficient (Wildman–Crippen LogP) is 3.12. The summed E-state index contributed by atoms with van der Waals surface area (Å²) >= 11 is 0. The number of methoxy groups -OCH3 is 1. The second-order valence-corrected chi connectivity index (χ2v) is 10.2. The van der Waals surface area contributed by atoms with Gasteiger partial charge in [-0.1, -0.05) is 26.0 Å². The molecule has 1 N–H and O–H groups in total. The molecule has 214 valence electrons. The van der Waals surface area contributed by atoms with E-state index in [0.717, 1.165) is 22.7 Å². The Hall–Kier alpha value is -3.99. The average Bonchev–Trinajstić information content (AvgIpc) is 3.48. The lowest BCUT2D eigenvalue weighted by molar-refractivity contribution is -0.136. The third kappa shape index (κ3) is 6.95. The van der Waals surface area contributed by atoms with Gasteiger partial charge in [-0.15, -0.1) is 0 Å². The SMILES string of the molecule is CCOc1ccc(C(C)NC(=O)CC2CN(C(=O)COC)CCN2c2nc(-n3ccnc3)ncc2C(C)C)cc1. The van der Waals surface area contributed by atoms with Gasteiger partial charge in [0.05, 0.1) is 18.7 Å². The summed E-state index contributed by atoms with van der Waals surface area (Å²) in [6.45, 7) is 10.1. The van der Waals surface area contributed by atoms with E-state index in [1.807, 2.05) is 44.3 Å². The first-order chi connectivity index (χ1) is 19.3. The van der Waals surface area contributed by atoms with E-state index in [1.165, 1.54) is 7.11 Å². The number of nitrogens with zero attached hydrogens (tertiary/aromatic N) is 6. The highest BCUT2D eigenvalue weighted by molar-refractivity contribution is 5.80. The van der Waals surface area contributed by atoms with Gasteiger partial charge >= 0.3 is 0 Å². The van der Waals surface area contributed by atoms with Gasteiger partial charge in [-0.3, -0.25) is 14.2 Å². The molecule has 2 aromatic heterocycles. The molecule has 0 radical (unpaired) electrons. The third-order valence-electron chi connectivity index (χ3n) is 7.01. The number of anilines is 1. The molecule has 11 nitrogen and oxygen atoms in total. The molecule has 1 aliphatic heterocycles. The highest BCUT2D eigenvalue weighted by Gasteiger charge is 2.34. The van der Waals surface area contributed by atoms with Crippen molar-refractivity contribution in [2.75, 3.05) is 44.9 Å². The van der Waals surface area contributed by atoms with Crippen LogP contribution in [0.1, 0.15) is 57.2 Å². The highest BCUT2D eigenvalue weighted by Crippen LogP contribution is 2.30. The molecule has 0 saturated carbocycles. The Labute approximate surface area is 235 Å². The smallest absolute Gasteiger partial charge is 0.248 e. The van der Waals surface area contributed by atoms with Crippen molar-refractivity contribution in [1.29, 1.82) is 0 Å². The molecule has 1 aromatic carbocycles. The molecule has 0 aliphatic carbocycles. The maximum Gasteiger partial charge on any atom is 0.248 e. The molecule has 2 amide bonds. The number of carbonyl (C=O) groups is 2. The molecule has 11 heteroatoms. The molecule has 3 heterocycles. The summed E-state index contributed by atoms with van der Waals surface area (Å²) in [4.78, 5) is 43.6. The fraction of sp³-hybridized carbons (Fsp3) is 0.483. The van der Waals surface area contributed by atoms with Crippen molar-refractivity contribution in [3.63, 3.8) is 0 Å². The molecular weight excluding hydrogens is 510 g/mol. The number of carbonyl (C=O) groups excluding carboxylic acids is 2. The van der Waals surface area contributed by atoms with Gasteiger partial charge in [-0.05, 0) is 37.5 Å². The van der Waals surface area contributed by atoms with Gasteiger partial charge in [0, 0.05) is 57.3 Å². The minimum atomic E-state index is -0.287. The number of hydrogen-bond acceptors (Lipinski definition) is 8. The number of imidazole rings is 1. The van der Waals surface area contributed by atoms with Crippen molar-refractivity contribution in [3.05, 3.63) is 60.3 Å². The van der Waals surface area contributed by atoms with Crippen LogP contribution < -0.4 is 15.0 Å². The Morgan fingerprint density at radius 2 is 1.93 bits per heavy atom. The first-order valence-corrected chi connectivity index (χ1v) is 13.7. The Kier molecular flexibility index (Phi) is 9.70. The van der Waals surface area contributed by atoms with Crippen molar-refractivity contribution in [3.8, 4) is 11.7 Å². The molecule has 1 saturated heterocycles. The van der Waals surface area contributed by atoms with Crippen molar-refractivity contribution >= 4 is 17.6 Å². The van der Waals surface area contributed by atoms with Crippen molar-refractivity contribution in [2.24, 2.45) is 0 Å². The molecule has 0 bridgehead atoms. The molecular formula is C29H39N7O4. The summed E-state index contributed by atoms with van der Waals surface area (Å²) in [5, 5.41) is 3.13. The molecule has 3 aromatic rings. The molecule has 2 unspecified atom stereocenters. The summed E-state index contributed by atoms with van der Waals surface area (Å²) in [6.07, 6.45) is 7.17. The van der Waals surface area contributed by atoms with E-state index >= 15 is 0 Å². The Bertz CT molecular complexity index is 1260. The van der Waals surface area contributed by atoms with E-state index in [2.05, 4.69) is 34.0 Å². The zero-order valence-electron chi connectivity index (χ0n) is 23.9. The summed E-state index contributed by atoms with van der Waals surface area (Å²) in [7, 11) is 1.51. The quantitative estimate of drug-likeness (QED) is 0.388. The van der Waals surface area contributed by atoms with Crippen molar-refractivity contribution in [1.82, 2.24) is 29.7 Å². The van der Waals surface area contributed by atoms with Gasteiger partial charge in [0.1, 0.15) is 24.5 Å². The van der Waals surface area contributed by atoms with Gasteiger partial charge in [-0.2, -0.15) is 4.98 Å². The first kappa shape index (κ1) is 29.0. The molecule has 0 spiro atoms. The fourth-order valence-electron chi connectivity index (χ4n) is 4.88. The zero-order chi connectivity index (χ0) is 28.6. The lowest BCUT2D eigenvalue weighted by Crippen LogP contribution is -2.57. The number of ether oxygens (including phenoxy) is 2. The van der Waals surface area contributed by atoms with E-state index < -0.39 is 0 Å². The van der Waals surface area contributed by atoms with Gasteiger partial charge in [0.25, 0.3) is 0 Å². The van der Waals surface area contributed by atoms with Crippen LogP contribution in [0.4, 0.5) is 5.82 Å². The van der Waals surface area contributed by atoms with Crippen LogP contribution in [0, 0.1) is 0 Å². The minimum absolute atomic E-state index is 0.00319. The topological polar surface area (TPSA) is 115 Å². The van der Waals surface area contributed by atoms with Crippen molar-refractivity contribution in [2.45, 2.75) is 52.1 Å². The average molecular weight is 550 g/mol. The predicted molar refractivity (Wildman–Crippen MR) is 152 cm³/mol. The van der Waals surface area contributed by atoms with E-state index in [-0.39, 0.29) is 42.8 Å². The first-order valence-electron chi connectivity index (χ1n) is 13.7. The fourth-order valence-corrected chi connectivity index (χ4v) is 4.88. The van der Waals surface area contributed by atoms with Gasteiger partial charge in [-0.25, -0.2) is 9.97 Å². The normalized spacial score (nSPS) is 16.2. The number of nitrogens with one attached hydrogen (secondary N) is 1. The number of hydrogen-bond donors (Lipinski definition) is 1. The van der Waals surface area contributed by atoms with Crippen LogP contribution in [0.15, 0.2) is 49.2 Å². The van der Waals surface area contributed by atoms with Crippen LogP contribution >= 0.6 is 0 Å².